The van der Waals surface area contributed by atoms with Gasteiger partial charge in [-0.1, -0.05) is 120 Å². The van der Waals surface area contributed by atoms with Crippen LogP contribution in [-0.4, -0.2) is 87.5 Å². The molecule has 1 rings (SSSR count). The number of carbonyl (C=O) groups excluding carboxylic acids is 1. The standard InChI is InChI=1S/C38H67NO8/c1-3-5-7-9-11-12-13-14-15-16-17-18-19-20-22-24-26-28-34(42)39-31(32(41)27-25-23-21-10-8-6-4-2)30-46-38-37(45)36(44)35(43)33(29-40)47-38/h5,7,11-12,14-15,25,27,31-33,35-38,40-41,43-45H,3-4,6,8-10,13,16-24,26,28-30H2,1-2H3,(H,39,42)/b7-5-,12-11-,15-14-,27-25+. The van der Waals surface area contributed by atoms with Crippen molar-refractivity contribution in [3.8, 4) is 0 Å². The number of aliphatic hydroxyl groups is 5. The van der Waals surface area contributed by atoms with Crippen molar-refractivity contribution < 1.29 is 39.8 Å². The summed E-state index contributed by atoms with van der Waals surface area (Å²) in [6, 6.07) is -0.806. The van der Waals surface area contributed by atoms with E-state index in [1.165, 1.54) is 38.5 Å². The number of nitrogens with one attached hydrogen (secondary N) is 1. The van der Waals surface area contributed by atoms with Crippen LogP contribution in [0.2, 0.25) is 0 Å². The largest absolute Gasteiger partial charge is 0.394 e. The van der Waals surface area contributed by atoms with Crippen LogP contribution in [0.25, 0.3) is 0 Å². The van der Waals surface area contributed by atoms with Gasteiger partial charge in [0.15, 0.2) is 6.29 Å². The van der Waals surface area contributed by atoms with Crippen LogP contribution in [-0.2, 0) is 14.3 Å². The number of allylic oxidation sites excluding steroid dienone is 7. The Labute approximate surface area is 284 Å². The lowest BCUT2D eigenvalue weighted by molar-refractivity contribution is -0.302. The predicted octanol–water partition coefficient (Wildman–Crippen LogP) is 5.94. The molecule has 47 heavy (non-hydrogen) atoms. The van der Waals surface area contributed by atoms with Gasteiger partial charge in [0.05, 0.1) is 25.4 Å². The molecule has 1 heterocycles. The summed E-state index contributed by atoms with van der Waals surface area (Å²) in [5.74, 6) is -0.196. The molecule has 0 aromatic rings. The van der Waals surface area contributed by atoms with Crippen molar-refractivity contribution in [2.24, 2.45) is 0 Å². The van der Waals surface area contributed by atoms with Crippen LogP contribution in [0.4, 0.5) is 0 Å². The van der Waals surface area contributed by atoms with Crippen LogP contribution in [0, 0.1) is 0 Å². The number of amides is 1. The summed E-state index contributed by atoms with van der Waals surface area (Å²) in [5, 5.41) is 53.6. The van der Waals surface area contributed by atoms with E-state index in [-0.39, 0.29) is 12.5 Å². The van der Waals surface area contributed by atoms with E-state index >= 15 is 0 Å². The minimum Gasteiger partial charge on any atom is -0.394 e. The van der Waals surface area contributed by atoms with Gasteiger partial charge in [0.1, 0.15) is 24.4 Å². The third kappa shape index (κ3) is 21.0. The molecular formula is C38H67NO8. The summed E-state index contributed by atoms with van der Waals surface area (Å²) in [6.45, 7) is 3.55. The summed E-state index contributed by atoms with van der Waals surface area (Å²) in [4.78, 5) is 12.8. The Balaban J connectivity index is 2.40. The molecule has 1 amide bonds. The van der Waals surface area contributed by atoms with Gasteiger partial charge in [-0.2, -0.15) is 0 Å². The Morgan fingerprint density at radius 2 is 1.32 bits per heavy atom. The quantitative estimate of drug-likeness (QED) is 0.0445. The van der Waals surface area contributed by atoms with E-state index in [2.05, 4.69) is 55.6 Å². The smallest absolute Gasteiger partial charge is 0.220 e. The van der Waals surface area contributed by atoms with E-state index < -0.39 is 49.5 Å². The first-order valence-corrected chi connectivity index (χ1v) is 18.4. The second kappa shape index (κ2) is 29.1. The van der Waals surface area contributed by atoms with Gasteiger partial charge in [0.25, 0.3) is 0 Å². The van der Waals surface area contributed by atoms with E-state index in [1.807, 2.05) is 6.08 Å². The zero-order valence-electron chi connectivity index (χ0n) is 29.3. The fourth-order valence-electron chi connectivity index (χ4n) is 5.40. The van der Waals surface area contributed by atoms with Crippen molar-refractivity contribution in [1.82, 2.24) is 5.32 Å². The normalized spacial score (nSPS) is 23.4. The lowest BCUT2D eigenvalue weighted by Gasteiger charge is -2.40. The van der Waals surface area contributed by atoms with Crippen LogP contribution in [0.3, 0.4) is 0 Å². The number of unbranched alkanes of at least 4 members (excludes halogenated alkanes) is 12. The monoisotopic (exact) mass is 665 g/mol. The molecule has 9 heteroatoms. The molecule has 9 nitrogen and oxygen atoms in total. The highest BCUT2D eigenvalue weighted by molar-refractivity contribution is 5.76. The van der Waals surface area contributed by atoms with Gasteiger partial charge in [-0.25, -0.2) is 0 Å². The molecule has 1 saturated heterocycles. The highest BCUT2D eigenvalue weighted by atomic mass is 16.7. The highest BCUT2D eigenvalue weighted by Crippen LogP contribution is 2.22. The van der Waals surface area contributed by atoms with Gasteiger partial charge in [0.2, 0.25) is 5.91 Å². The van der Waals surface area contributed by atoms with Crippen LogP contribution in [0.5, 0.6) is 0 Å². The summed E-state index contributed by atoms with van der Waals surface area (Å²) in [5.41, 5.74) is 0. The first kappa shape index (κ1) is 43.2. The summed E-state index contributed by atoms with van der Waals surface area (Å²) in [7, 11) is 0. The van der Waals surface area contributed by atoms with Crippen molar-refractivity contribution >= 4 is 5.91 Å². The van der Waals surface area contributed by atoms with Crippen molar-refractivity contribution in [1.29, 1.82) is 0 Å². The molecule has 0 aromatic heterocycles. The Bertz CT molecular complexity index is 874. The number of hydrogen-bond acceptors (Lipinski definition) is 8. The molecule has 7 atom stereocenters. The zero-order chi connectivity index (χ0) is 34.5. The predicted molar refractivity (Wildman–Crippen MR) is 189 cm³/mol. The Morgan fingerprint density at radius 3 is 1.96 bits per heavy atom. The first-order chi connectivity index (χ1) is 22.8. The summed E-state index contributed by atoms with van der Waals surface area (Å²) in [6.07, 6.45) is 27.4. The fourth-order valence-corrected chi connectivity index (χ4v) is 5.40. The maximum absolute atomic E-state index is 12.8. The minimum absolute atomic E-state index is 0.195. The average molecular weight is 666 g/mol. The van der Waals surface area contributed by atoms with Gasteiger partial charge in [-0.05, 0) is 51.4 Å². The molecule has 7 unspecified atom stereocenters. The third-order valence-electron chi connectivity index (χ3n) is 8.41. The van der Waals surface area contributed by atoms with Crippen molar-refractivity contribution in [2.75, 3.05) is 13.2 Å². The van der Waals surface area contributed by atoms with E-state index in [1.54, 1.807) is 6.08 Å². The summed E-state index contributed by atoms with van der Waals surface area (Å²) >= 11 is 0. The lowest BCUT2D eigenvalue weighted by atomic mass is 9.99. The Kier molecular flexibility index (Phi) is 26.7. The molecule has 1 fully saturated rings. The molecule has 0 saturated carbocycles. The maximum Gasteiger partial charge on any atom is 0.220 e. The first-order valence-electron chi connectivity index (χ1n) is 18.4. The molecule has 0 spiro atoms. The van der Waals surface area contributed by atoms with E-state index in [4.69, 9.17) is 9.47 Å². The molecular weight excluding hydrogens is 598 g/mol. The second-order valence-electron chi connectivity index (χ2n) is 12.6. The molecule has 6 N–H and O–H groups in total. The summed E-state index contributed by atoms with van der Waals surface area (Å²) < 4.78 is 11.1. The molecule has 0 bridgehead atoms. The van der Waals surface area contributed by atoms with Gasteiger partial charge in [-0.3, -0.25) is 4.79 Å². The number of aliphatic hydroxyl groups excluding tert-OH is 5. The number of ether oxygens (including phenoxy) is 2. The SMILES string of the molecule is CC/C=C\C/C=C\C/C=C\CCCCCCCCCC(=O)NC(COC1OC(CO)C(O)C(O)C1O)C(O)/C=C/CCCCCCC. The van der Waals surface area contributed by atoms with Gasteiger partial charge in [0, 0.05) is 6.42 Å². The topological polar surface area (TPSA) is 149 Å². The van der Waals surface area contributed by atoms with E-state index in [9.17, 15) is 30.3 Å². The fraction of sp³-hybridized carbons (Fsp3) is 0.763. The molecule has 1 aliphatic heterocycles. The molecule has 0 radical (unpaired) electrons. The number of hydrogen-bond donors (Lipinski definition) is 6. The van der Waals surface area contributed by atoms with Crippen molar-refractivity contribution in [2.45, 2.75) is 172 Å². The van der Waals surface area contributed by atoms with Crippen LogP contribution >= 0.6 is 0 Å². The van der Waals surface area contributed by atoms with Gasteiger partial charge >= 0.3 is 0 Å². The minimum atomic E-state index is -1.57. The molecule has 0 aliphatic carbocycles. The van der Waals surface area contributed by atoms with E-state index in [0.29, 0.717) is 6.42 Å². The lowest BCUT2D eigenvalue weighted by Crippen LogP contribution is -2.60. The van der Waals surface area contributed by atoms with Crippen LogP contribution < -0.4 is 5.32 Å². The third-order valence-corrected chi connectivity index (χ3v) is 8.41. The van der Waals surface area contributed by atoms with Crippen molar-refractivity contribution in [3.05, 3.63) is 48.6 Å². The molecule has 0 aromatic carbocycles. The van der Waals surface area contributed by atoms with Crippen LogP contribution in [0.15, 0.2) is 48.6 Å². The highest BCUT2D eigenvalue weighted by Gasteiger charge is 2.44. The second-order valence-corrected chi connectivity index (χ2v) is 12.6. The molecule has 272 valence electrons. The zero-order valence-corrected chi connectivity index (χ0v) is 29.3. The van der Waals surface area contributed by atoms with Crippen LogP contribution in [0.1, 0.15) is 129 Å². The van der Waals surface area contributed by atoms with Gasteiger partial charge in [-0.15, -0.1) is 0 Å². The Hall–Kier alpha value is -1.85. The van der Waals surface area contributed by atoms with Gasteiger partial charge < -0.3 is 40.3 Å². The average Bonchev–Trinajstić information content (AvgIpc) is 3.07. The van der Waals surface area contributed by atoms with E-state index in [0.717, 1.165) is 70.6 Å². The maximum atomic E-state index is 12.8. The Morgan fingerprint density at radius 1 is 0.745 bits per heavy atom. The number of rotatable bonds is 28. The van der Waals surface area contributed by atoms with Crippen molar-refractivity contribution in [3.63, 3.8) is 0 Å². The molecule has 1 aliphatic rings. The number of carbonyl (C=O) groups is 1.